The first-order chi connectivity index (χ1) is 11.3. The monoisotopic (exact) mass is 309 g/mol. The number of anilines is 1. The maximum absolute atomic E-state index is 5.43. The van der Waals surface area contributed by atoms with E-state index in [1.807, 2.05) is 49.4 Å². The van der Waals surface area contributed by atoms with Gasteiger partial charge in [0, 0.05) is 12.1 Å². The topological polar surface area (TPSA) is 60.2 Å². The van der Waals surface area contributed by atoms with Gasteiger partial charge in [-0.1, -0.05) is 47.6 Å². The Hall–Kier alpha value is -2.82. The second kappa shape index (κ2) is 7.45. The van der Waals surface area contributed by atoms with Crippen LogP contribution in [0, 0.1) is 0 Å². The summed E-state index contributed by atoms with van der Waals surface area (Å²) in [7, 11) is 0. The maximum atomic E-state index is 5.43. The van der Waals surface area contributed by atoms with E-state index in [4.69, 9.17) is 9.26 Å². The van der Waals surface area contributed by atoms with Crippen molar-refractivity contribution in [3.05, 3.63) is 60.2 Å². The van der Waals surface area contributed by atoms with Gasteiger partial charge >= 0.3 is 6.01 Å². The molecule has 0 atom stereocenters. The number of nitrogens with one attached hydrogen (secondary N) is 1. The van der Waals surface area contributed by atoms with Crippen molar-refractivity contribution in [3.63, 3.8) is 0 Å². The number of nitrogens with zero attached hydrogens (tertiary/aromatic N) is 2. The zero-order valence-corrected chi connectivity index (χ0v) is 13.0. The van der Waals surface area contributed by atoms with Gasteiger partial charge in [0.05, 0.1) is 6.61 Å². The summed E-state index contributed by atoms with van der Waals surface area (Å²) in [5.74, 6) is 1.49. The third-order valence-corrected chi connectivity index (χ3v) is 3.38. The van der Waals surface area contributed by atoms with Gasteiger partial charge in [-0.2, -0.15) is 4.98 Å². The van der Waals surface area contributed by atoms with E-state index in [0.717, 1.165) is 24.3 Å². The van der Waals surface area contributed by atoms with E-state index in [9.17, 15) is 0 Å². The van der Waals surface area contributed by atoms with Gasteiger partial charge in [-0.25, -0.2) is 0 Å². The van der Waals surface area contributed by atoms with Crippen LogP contribution in [0.4, 0.5) is 6.01 Å². The van der Waals surface area contributed by atoms with E-state index in [0.29, 0.717) is 18.4 Å². The van der Waals surface area contributed by atoms with E-state index >= 15 is 0 Å². The van der Waals surface area contributed by atoms with Crippen molar-refractivity contribution in [1.29, 1.82) is 0 Å². The van der Waals surface area contributed by atoms with Gasteiger partial charge in [0.15, 0.2) is 0 Å². The van der Waals surface area contributed by atoms with Crippen LogP contribution in [0.5, 0.6) is 5.75 Å². The second-order valence-electron chi connectivity index (χ2n) is 5.04. The van der Waals surface area contributed by atoms with Gasteiger partial charge in [-0.3, -0.25) is 0 Å². The van der Waals surface area contributed by atoms with E-state index in [2.05, 4.69) is 27.6 Å². The number of ether oxygens (including phenoxy) is 1. The molecule has 1 heterocycles. The molecule has 0 saturated carbocycles. The van der Waals surface area contributed by atoms with E-state index in [-0.39, 0.29) is 0 Å². The first-order valence-electron chi connectivity index (χ1n) is 7.70. The molecule has 0 radical (unpaired) electrons. The molecule has 1 aromatic heterocycles. The molecule has 0 spiro atoms. The molecule has 0 fully saturated rings. The lowest BCUT2D eigenvalue weighted by Crippen LogP contribution is -2.05. The molecular formula is C18H19N3O2. The lowest BCUT2D eigenvalue weighted by atomic mass is 10.1. The van der Waals surface area contributed by atoms with Crippen molar-refractivity contribution in [2.24, 2.45) is 0 Å². The van der Waals surface area contributed by atoms with Crippen LogP contribution in [0.25, 0.3) is 11.4 Å². The summed E-state index contributed by atoms with van der Waals surface area (Å²) >= 11 is 0. The molecule has 118 valence electrons. The number of aromatic nitrogens is 2. The molecule has 5 nitrogen and oxygen atoms in total. The average molecular weight is 309 g/mol. The predicted octanol–water partition coefficient (Wildman–Crippen LogP) is 3.79. The molecule has 0 bridgehead atoms. The Kier molecular flexibility index (Phi) is 4.88. The molecule has 1 N–H and O–H groups in total. The zero-order valence-electron chi connectivity index (χ0n) is 13.0. The summed E-state index contributed by atoms with van der Waals surface area (Å²) < 4.78 is 10.6. The Balaban J connectivity index is 1.52. The highest BCUT2D eigenvalue weighted by molar-refractivity contribution is 5.54. The lowest BCUT2D eigenvalue weighted by molar-refractivity contribution is 0.340. The van der Waals surface area contributed by atoms with Crippen molar-refractivity contribution >= 4 is 6.01 Å². The number of benzene rings is 2. The Morgan fingerprint density at radius 1 is 1.04 bits per heavy atom. The van der Waals surface area contributed by atoms with Crippen LogP contribution in [0.1, 0.15) is 12.5 Å². The predicted molar refractivity (Wildman–Crippen MR) is 89.5 cm³/mol. The van der Waals surface area contributed by atoms with Crippen molar-refractivity contribution in [2.75, 3.05) is 18.5 Å². The molecule has 0 aliphatic rings. The molecular weight excluding hydrogens is 290 g/mol. The smallest absolute Gasteiger partial charge is 0.321 e. The number of hydrogen-bond acceptors (Lipinski definition) is 5. The van der Waals surface area contributed by atoms with Crippen LogP contribution in [0.2, 0.25) is 0 Å². The van der Waals surface area contributed by atoms with Crippen LogP contribution in [0.15, 0.2) is 59.1 Å². The first kappa shape index (κ1) is 15.1. The minimum atomic E-state index is 0.440. The van der Waals surface area contributed by atoms with Crippen LogP contribution >= 0.6 is 0 Å². The van der Waals surface area contributed by atoms with Gasteiger partial charge in [0.1, 0.15) is 5.75 Å². The molecule has 0 aliphatic carbocycles. The van der Waals surface area contributed by atoms with Gasteiger partial charge < -0.3 is 14.6 Å². The molecule has 0 saturated heterocycles. The Bertz CT molecular complexity index is 724. The highest BCUT2D eigenvalue weighted by atomic mass is 16.5. The standard InChI is InChI=1S/C18H19N3O2/c1-2-22-16-10-8-14(9-11-16)12-13-19-18-20-17(21-23-18)15-6-4-3-5-7-15/h3-11H,2,12-13H2,1H3,(H,19,20,21). The van der Waals surface area contributed by atoms with Crippen molar-refractivity contribution in [2.45, 2.75) is 13.3 Å². The van der Waals surface area contributed by atoms with Crippen molar-refractivity contribution in [3.8, 4) is 17.1 Å². The average Bonchev–Trinajstić information content (AvgIpc) is 3.06. The normalized spacial score (nSPS) is 10.5. The SMILES string of the molecule is CCOc1ccc(CCNc2nc(-c3ccccc3)no2)cc1. The fraction of sp³-hybridized carbons (Fsp3) is 0.222. The van der Waals surface area contributed by atoms with E-state index < -0.39 is 0 Å². The summed E-state index contributed by atoms with van der Waals surface area (Å²) in [6, 6.07) is 18.3. The molecule has 0 unspecified atom stereocenters. The summed E-state index contributed by atoms with van der Waals surface area (Å²) in [4.78, 5) is 4.34. The molecule has 2 aromatic carbocycles. The van der Waals surface area contributed by atoms with Gasteiger partial charge in [-0.05, 0) is 31.0 Å². The number of rotatable bonds is 7. The largest absolute Gasteiger partial charge is 0.494 e. The Labute approximate surface area is 135 Å². The first-order valence-corrected chi connectivity index (χ1v) is 7.70. The van der Waals surface area contributed by atoms with Crippen LogP contribution < -0.4 is 10.1 Å². The number of hydrogen-bond donors (Lipinski definition) is 1. The fourth-order valence-electron chi connectivity index (χ4n) is 2.23. The highest BCUT2D eigenvalue weighted by Crippen LogP contribution is 2.17. The lowest BCUT2D eigenvalue weighted by Gasteiger charge is -2.05. The second-order valence-corrected chi connectivity index (χ2v) is 5.04. The maximum Gasteiger partial charge on any atom is 0.321 e. The quantitative estimate of drug-likeness (QED) is 0.719. The van der Waals surface area contributed by atoms with Crippen LogP contribution in [-0.4, -0.2) is 23.3 Å². The van der Waals surface area contributed by atoms with Gasteiger partial charge in [0.2, 0.25) is 5.82 Å². The summed E-state index contributed by atoms with van der Waals surface area (Å²) in [5.41, 5.74) is 2.17. The molecule has 0 amide bonds. The van der Waals surface area contributed by atoms with Crippen LogP contribution in [-0.2, 0) is 6.42 Å². The molecule has 23 heavy (non-hydrogen) atoms. The van der Waals surface area contributed by atoms with Gasteiger partial charge in [-0.15, -0.1) is 0 Å². The third-order valence-electron chi connectivity index (χ3n) is 3.38. The highest BCUT2D eigenvalue weighted by Gasteiger charge is 2.07. The Morgan fingerprint density at radius 2 is 1.83 bits per heavy atom. The van der Waals surface area contributed by atoms with Crippen LogP contribution in [0.3, 0.4) is 0 Å². The molecule has 5 heteroatoms. The molecule has 0 aliphatic heterocycles. The fourth-order valence-corrected chi connectivity index (χ4v) is 2.23. The minimum Gasteiger partial charge on any atom is -0.494 e. The minimum absolute atomic E-state index is 0.440. The molecule has 3 rings (SSSR count). The zero-order chi connectivity index (χ0) is 15.9. The van der Waals surface area contributed by atoms with E-state index in [1.54, 1.807) is 0 Å². The van der Waals surface area contributed by atoms with E-state index in [1.165, 1.54) is 5.56 Å². The molecule has 3 aromatic rings. The van der Waals surface area contributed by atoms with Crippen molar-refractivity contribution < 1.29 is 9.26 Å². The summed E-state index contributed by atoms with van der Waals surface area (Å²) in [5, 5.41) is 7.13. The summed E-state index contributed by atoms with van der Waals surface area (Å²) in [6.45, 7) is 3.39. The van der Waals surface area contributed by atoms with Gasteiger partial charge in [0.25, 0.3) is 0 Å². The Morgan fingerprint density at radius 3 is 2.57 bits per heavy atom. The summed E-state index contributed by atoms with van der Waals surface area (Å²) in [6.07, 6.45) is 0.870. The third kappa shape index (κ3) is 4.10. The van der Waals surface area contributed by atoms with Crippen molar-refractivity contribution in [1.82, 2.24) is 10.1 Å².